The monoisotopic (exact) mass is 382 g/mol. The first-order chi connectivity index (χ1) is 11.6. The Morgan fingerprint density at radius 1 is 1.12 bits per heavy atom. The van der Waals surface area contributed by atoms with Crippen LogP contribution >= 0.6 is 11.6 Å². The van der Waals surface area contributed by atoms with E-state index in [9.17, 15) is 13.2 Å². The minimum atomic E-state index is -4.10. The second-order valence-corrected chi connectivity index (χ2v) is 8.40. The fraction of sp³-hybridized carbons (Fsp3) is 0.250. The highest BCUT2D eigenvalue weighted by atomic mass is 35.5. The molecule has 0 radical (unpaired) electrons. The van der Waals surface area contributed by atoms with Gasteiger partial charge in [-0.2, -0.15) is 0 Å². The lowest BCUT2D eigenvalue weighted by molar-refractivity contribution is 0.237. The smallest absolute Gasteiger partial charge is 0.329 e. The number of sulfonamides is 1. The van der Waals surface area contributed by atoms with E-state index in [1.807, 2.05) is 4.72 Å². The fourth-order valence-corrected chi connectivity index (χ4v) is 3.07. The Labute approximate surface area is 151 Å². The minimum absolute atomic E-state index is 0.144. The molecule has 1 aromatic heterocycles. The number of hydrogen-bond donors (Lipinski definition) is 3. The molecule has 0 unspecified atom stereocenters. The van der Waals surface area contributed by atoms with Crippen molar-refractivity contribution in [3.05, 3.63) is 47.7 Å². The molecule has 0 aliphatic rings. The molecule has 0 saturated carbocycles. The zero-order valence-corrected chi connectivity index (χ0v) is 15.6. The molecule has 7 nitrogen and oxygen atoms in total. The topological polar surface area (TPSA) is 100 Å². The van der Waals surface area contributed by atoms with Gasteiger partial charge in [0.25, 0.3) is 10.0 Å². The lowest BCUT2D eigenvalue weighted by Gasteiger charge is -2.21. The Morgan fingerprint density at radius 3 is 2.36 bits per heavy atom. The number of aromatic nitrogens is 1. The molecule has 2 amide bonds. The van der Waals surface area contributed by atoms with Crippen LogP contribution in [-0.2, 0) is 10.0 Å². The third kappa shape index (κ3) is 5.61. The number of urea groups is 1. The van der Waals surface area contributed by atoms with E-state index in [0.29, 0.717) is 10.7 Å². The SMILES string of the molecule is CC(C)(C)NC(=O)NS(=O)(=O)c1cnccc1Nc1ccc(Cl)cc1. The normalized spacial score (nSPS) is 11.7. The molecular formula is C16H19ClN4O3S. The number of rotatable bonds is 4. The fourth-order valence-electron chi connectivity index (χ4n) is 1.93. The van der Waals surface area contributed by atoms with Crippen molar-refractivity contribution in [2.24, 2.45) is 0 Å². The van der Waals surface area contributed by atoms with E-state index in [4.69, 9.17) is 11.6 Å². The van der Waals surface area contributed by atoms with Gasteiger partial charge in [-0.1, -0.05) is 11.6 Å². The summed E-state index contributed by atoms with van der Waals surface area (Å²) >= 11 is 5.84. The maximum atomic E-state index is 12.5. The van der Waals surface area contributed by atoms with Gasteiger partial charge in [0.1, 0.15) is 4.90 Å². The summed E-state index contributed by atoms with van der Waals surface area (Å²) in [6, 6.07) is 7.46. The van der Waals surface area contributed by atoms with Crippen molar-refractivity contribution in [1.82, 2.24) is 15.0 Å². The second-order valence-electron chi connectivity index (χ2n) is 6.31. The van der Waals surface area contributed by atoms with E-state index < -0.39 is 21.6 Å². The standard InChI is InChI=1S/C16H19ClN4O3S/c1-16(2,3)20-15(22)21-25(23,24)14-10-18-9-8-13(14)19-12-6-4-11(17)5-7-12/h4-10H,1-3H3,(H,18,19)(H2,20,21,22). The zero-order chi connectivity index (χ0) is 18.7. The van der Waals surface area contributed by atoms with Crippen LogP contribution in [-0.4, -0.2) is 25.0 Å². The Morgan fingerprint density at radius 2 is 1.76 bits per heavy atom. The Hall–Kier alpha value is -2.32. The predicted molar refractivity (Wildman–Crippen MR) is 97.6 cm³/mol. The molecule has 25 heavy (non-hydrogen) atoms. The number of carbonyl (C=O) groups is 1. The lowest BCUT2D eigenvalue weighted by Crippen LogP contribution is -2.48. The summed E-state index contributed by atoms with van der Waals surface area (Å²) in [6.07, 6.45) is 2.62. The van der Waals surface area contributed by atoms with E-state index in [1.54, 1.807) is 45.0 Å². The van der Waals surface area contributed by atoms with Gasteiger partial charge in [0.15, 0.2) is 0 Å². The van der Waals surface area contributed by atoms with Gasteiger partial charge < -0.3 is 10.6 Å². The van der Waals surface area contributed by atoms with Crippen LogP contribution in [0.4, 0.5) is 16.2 Å². The average Bonchev–Trinajstić information content (AvgIpc) is 2.47. The largest absolute Gasteiger partial charge is 0.354 e. The lowest BCUT2D eigenvalue weighted by atomic mass is 10.1. The first kappa shape index (κ1) is 19.0. The summed E-state index contributed by atoms with van der Waals surface area (Å²) in [5.74, 6) is 0. The maximum absolute atomic E-state index is 12.5. The summed E-state index contributed by atoms with van der Waals surface area (Å²) in [5.41, 5.74) is 0.360. The molecule has 9 heteroatoms. The van der Waals surface area contributed by atoms with Crippen LogP contribution in [0, 0.1) is 0 Å². The van der Waals surface area contributed by atoms with E-state index in [2.05, 4.69) is 15.6 Å². The van der Waals surface area contributed by atoms with Crippen molar-refractivity contribution in [1.29, 1.82) is 0 Å². The molecule has 1 heterocycles. The van der Waals surface area contributed by atoms with Crippen LogP contribution < -0.4 is 15.4 Å². The Balaban J connectivity index is 2.26. The van der Waals surface area contributed by atoms with Crippen molar-refractivity contribution < 1.29 is 13.2 Å². The van der Waals surface area contributed by atoms with Gasteiger partial charge in [0.05, 0.1) is 5.69 Å². The third-order valence-electron chi connectivity index (χ3n) is 2.91. The number of halogens is 1. The summed E-state index contributed by atoms with van der Waals surface area (Å²) in [7, 11) is -4.10. The summed E-state index contributed by atoms with van der Waals surface area (Å²) < 4.78 is 27.0. The summed E-state index contributed by atoms with van der Waals surface area (Å²) in [6.45, 7) is 5.24. The van der Waals surface area contributed by atoms with Crippen molar-refractivity contribution in [3.63, 3.8) is 0 Å². The van der Waals surface area contributed by atoms with Gasteiger partial charge in [-0.15, -0.1) is 0 Å². The van der Waals surface area contributed by atoms with Gasteiger partial charge in [-0.25, -0.2) is 17.9 Å². The van der Waals surface area contributed by atoms with Gasteiger partial charge in [-0.05, 0) is 51.1 Å². The van der Waals surface area contributed by atoms with Crippen LogP contribution in [0.3, 0.4) is 0 Å². The van der Waals surface area contributed by atoms with Crippen LogP contribution in [0.15, 0.2) is 47.6 Å². The molecule has 0 bridgehead atoms. The van der Waals surface area contributed by atoms with Crippen LogP contribution in [0.5, 0.6) is 0 Å². The van der Waals surface area contributed by atoms with Crippen LogP contribution in [0.1, 0.15) is 20.8 Å². The Bertz CT molecular complexity index is 862. The highest BCUT2D eigenvalue weighted by Gasteiger charge is 2.24. The van der Waals surface area contributed by atoms with Gasteiger partial charge >= 0.3 is 6.03 Å². The van der Waals surface area contributed by atoms with E-state index in [1.165, 1.54) is 18.5 Å². The van der Waals surface area contributed by atoms with Crippen molar-refractivity contribution in [3.8, 4) is 0 Å². The average molecular weight is 383 g/mol. The molecule has 0 fully saturated rings. The van der Waals surface area contributed by atoms with E-state index >= 15 is 0 Å². The second kappa shape index (κ2) is 7.28. The number of nitrogens with zero attached hydrogens (tertiary/aromatic N) is 1. The number of anilines is 2. The molecule has 2 rings (SSSR count). The number of carbonyl (C=O) groups excluding carboxylic acids is 1. The highest BCUT2D eigenvalue weighted by molar-refractivity contribution is 7.90. The van der Waals surface area contributed by atoms with E-state index in [0.717, 1.165) is 0 Å². The van der Waals surface area contributed by atoms with Gasteiger partial charge in [0, 0.05) is 28.6 Å². The molecule has 0 atom stereocenters. The third-order valence-corrected chi connectivity index (χ3v) is 4.52. The van der Waals surface area contributed by atoms with E-state index in [-0.39, 0.29) is 10.6 Å². The molecule has 0 saturated heterocycles. The number of amides is 2. The first-order valence-corrected chi connectivity index (χ1v) is 9.24. The number of pyridine rings is 1. The first-order valence-electron chi connectivity index (χ1n) is 7.38. The van der Waals surface area contributed by atoms with Gasteiger partial charge in [-0.3, -0.25) is 4.98 Å². The predicted octanol–water partition coefficient (Wildman–Crippen LogP) is 3.27. The molecule has 0 aliphatic carbocycles. The van der Waals surface area contributed by atoms with Crippen LogP contribution in [0.2, 0.25) is 5.02 Å². The quantitative estimate of drug-likeness (QED) is 0.753. The number of hydrogen-bond acceptors (Lipinski definition) is 5. The zero-order valence-electron chi connectivity index (χ0n) is 14.0. The number of benzene rings is 1. The van der Waals surface area contributed by atoms with Crippen molar-refractivity contribution in [2.75, 3.05) is 5.32 Å². The summed E-state index contributed by atoms with van der Waals surface area (Å²) in [5, 5.41) is 6.08. The molecular weight excluding hydrogens is 364 g/mol. The molecule has 2 aromatic rings. The molecule has 0 aliphatic heterocycles. The molecule has 1 aromatic carbocycles. The molecule has 3 N–H and O–H groups in total. The maximum Gasteiger partial charge on any atom is 0.329 e. The van der Waals surface area contributed by atoms with Crippen molar-refractivity contribution in [2.45, 2.75) is 31.2 Å². The Kier molecular flexibility index (Phi) is 5.54. The minimum Gasteiger partial charge on any atom is -0.354 e. The van der Waals surface area contributed by atoms with Gasteiger partial charge in [0.2, 0.25) is 0 Å². The van der Waals surface area contributed by atoms with Crippen molar-refractivity contribution >= 4 is 39.0 Å². The molecule has 134 valence electrons. The summed E-state index contributed by atoms with van der Waals surface area (Å²) in [4.78, 5) is 15.6. The number of nitrogens with one attached hydrogen (secondary N) is 3. The highest BCUT2D eigenvalue weighted by Crippen LogP contribution is 2.24. The van der Waals surface area contributed by atoms with Crippen LogP contribution in [0.25, 0.3) is 0 Å². The molecule has 0 spiro atoms.